The molecule has 1 aliphatic heterocycles. The van der Waals surface area contributed by atoms with Crippen LogP contribution in [0.5, 0.6) is 0 Å². The summed E-state index contributed by atoms with van der Waals surface area (Å²) in [6.45, 7) is 1.14. The summed E-state index contributed by atoms with van der Waals surface area (Å²) in [5.41, 5.74) is 0.345. The predicted molar refractivity (Wildman–Crippen MR) is 101 cm³/mol. The van der Waals surface area contributed by atoms with E-state index >= 15 is 0 Å². The lowest BCUT2D eigenvalue weighted by molar-refractivity contribution is -0.140. The number of hydrogen-bond acceptors (Lipinski definition) is 5. The van der Waals surface area contributed by atoms with Gasteiger partial charge in [0.1, 0.15) is 17.7 Å². The second kappa shape index (κ2) is 8.06. The van der Waals surface area contributed by atoms with E-state index in [0.29, 0.717) is 29.3 Å². The van der Waals surface area contributed by atoms with E-state index in [9.17, 15) is 14.4 Å². The predicted octanol–water partition coefficient (Wildman–Crippen LogP) is 2.84. The van der Waals surface area contributed by atoms with Crippen LogP contribution < -0.4 is 0 Å². The van der Waals surface area contributed by atoms with Crippen LogP contribution in [0, 0.1) is 5.92 Å². The summed E-state index contributed by atoms with van der Waals surface area (Å²) in [4.78, 5) is 41.9. The van der Waals surface area contributed by atoms with E-state index in [1.54, 1.807) is 36.4 Å². The Balaban J connectivity index is 1.93. The van der Waals surface area contributed by atoms with Gasteiger partial charge in [0.05, 0.1) is 6.26 Å². The van der Waals surface area contributed by atoms with Gasteiger partial charge < -0.3 is 14.2 Å². The van der Waals surface area contributed by atoms with Crippen LogP contribution in [-0.4, -0.2) is 54.5 Å². The third-order valence-corrected chi connectivity index (χ3v) is 4.91. The second-order valence-corrected chi connectivity index (χ2v) is 7.27. The Morgan fingerprint density at radius 1 is 1.19 bits per heavy atom. The lowest BCUT2D eigenvalue weighted by Crippen LogP contribution is -2.32. The number of benzene rings is 1. The van der Waals surface area contributed by atoms with E-state index < -0.39 is 29.4 Å². The molecule has 0 N–H and O–H groups in total. The number of hydrogen-bond donors (Lipinski definition) is 0. The van der Waals surface area contributed by atoms with Gasteiger partial charge in [0.2, 0.25) is 5.78 Å². The summed E-state index contributed by atoms with van der Waals surface area (Å²) in [5, 5.41) is 0.494. The van der Waals surface area contributed by atoms with Crippen molar-refractivity contribution in [2.75, 3.05) is 27.2 Å². The fourth-order valence-corrected chi connectivity index (χ4v) is 3.48. The number of furan rings is 1. The highest BCUT2D eigenvalue weighted by molar-refractivity contribution is 6.44. The first-order valence-electron chi connectivity index (χ1n) is 8.73. The van der Waals surface area contributed by atoms with Gasteiger partial charge in [-0.05, 0) is 63.5 Å². The molecule has 0 radical (unpaired) electrons. The van der Waals surface area contributed by atoms with Gasteiger partial charge in [-0.25, -0.2) is 0 Å². The molecule has 2 unspecified atom stereocenters. The minimum absolute atomic E-state index is 0.345. The van der Waals surface area contributed by atoms with Crippen molar-refractivity contribution in [1.82, 2.24) is 9.80 Å². The number of amides is 1. The molecule has 1 amide bonds. The number of halogens is 1. The van der Waals surface area contributed by atoms with E-state index in [-0.39, 0.29) is 0 Å². The normalized spacial score (nSPS) is 19.9. The first-order valence-corrected chi connectivity index (χ1v) is 9.10. The Kier molecular flexibility index (Phi) is 5.77. The second-order valence-electron chi connectivity index (χ2n) is 6.83. The molecule has 1 saturated heterocycles. The number of likely N-dealkylation sites (tertiary alicyclic amines) is 1. The fraction of sp³-hybridized carbons (Fsp3) is 0.350. The Hall–Kier alpha value is -2.44. The molecule has 2 atom stereocenters. The molecule has 1 aliphatic rings. The van der Waals surface area contributed by atoms with Crippen molar-refractivity contribution in [3.63, 3.8) is 0 Å². The van der Waals surface area contributed by atoms with Gasteiger partial charge in [0.25, 0.3) is 5.91 Å². The summed E-state index contributed by atoms with van der Waals surface area (Å²) < 4.78 is 5.48. The monoisotopic (exact) mass is 388 g/mol. The molecule has 1 fully saturated rings. The summed E-state index contributed by atoms with van der Waals surface area (Å²) in [7, 11) is 3.88. The van der Waals surface area contributed by atoms with E-state index in [0.717, 1.165) is 6.54 Å². The molecule has 1 aromatic carbocycles. The summed E-state index contributed by atoms with van der Waals surface area (Å²) in [6.07, 6.45) is 2.16. The summed E-state index contributed by atoms with van der Waals surface area (Å²) in [5.74, 6) is -2.42. The Morgan fingerprint density at radius 2 is 1.89 bits per heavy atom. The first kappa shape index (κ1) is 19.3. The molecule has 2 heterocycles. The molecule has 1 aromatic heterocycles. The molecule has 7 heteroatoms. The SMILES string of the molecule is CN(C)CCCN1C(=O)C(=O)C(C(=O)c2ccc(Cl)cc2)C1c1ccco1. The highest BCUT2D eigenvalue weighted by Crippen LogP contribution is 2.38. The van der Waals surface area contributed by atoms with Crippen LogP contribution in [0.3, 0.4) is 0 Å². The molecule has 6 nitrogen and oxygen atoms in total. The zero-order valence-electron chi connectivity index (χ0n) is 15.2. The number of Topliss-reactive ketones (excluding diaryl/α,β-unsaturated/α-hetero) is 2. The maximum Gasteiger partial charge on any atom is 0.291 e. The van der Waals surface area contributed by atoms with Gasteiger partial charge in [-0.2, -0.15) is 0 Å². The van der Waals surface area contributed by atoms with E-state index in [1.165, 1.54) is 11.2 Å². The Labute approximate surface area is 162 Å². The zero-order chi connectivity index (χ0) is 19.6. The molecule has 0 saturated carbocycles. The number of rotatable bonds is 7. The summed E-state index contributed by atoms with van der Waals surface area (Å²) >= 11 is 5.88. The number of nitrogens with zero attached hydrogens (tertiary/aromatic N) is 2. The molecule has 0 spiro atoms. The smallest absolute Gasteiger partial charge is 0.291 e. The van der Waals surface area contributed by atoms with Crippen LogP contribution in [-0.2, 0) is 9.59 Å². The topological polar surface area (TPSA) is 70.8 Å². The van der Waals surface area contributed by atoms with Crippen LogP contribution in [0.15, 0.2) is 47.1 Å². The first-order chi connectivity index (χ1) is 12.9. The van der Waals surface area contributed by atoms with Gasteiger partial charge in [0, 0.05) is 17.1 Å². The third kappa shape index (κ3) is 3.96. The van der Waals surface area contributed by atoms with Crippen LogP contribution in [0.25, 0.3) is 0 Å². The van der Waals surface area contributed by atoms with Crippen molar-refractivity contribution in [1.29, 1.82) is 0 Å². The van der Waals surface area contributed by atoms with E-state index in [4.69, 9.17) is 16.0 Å². The Bertz CT molecular complexity index is 830. The molecule has 3 rings (SSSR count). The Morgan fingerprint density at radius 3 is 2.48 bits per heavy atom. The van der Waals surface area contributed by atoms with Crippen molar-refractivity contribution < 1.29 is 18.8 Å². The fourth-order valence-electron chi connectivity index (χ4n) is 3.36. The van der Waals surface area contributed by atoms with Crippen LogP contribution in [0.1, 0.15) is 28.6 Å². The third-order valence-electron chi connectivity index (χ3n) is 4.66. The minimum Gasteiger partial charge on any atom is -0.467 e. The highest BCUT2D eigenvalue weighted by atomic mass is 35.5. The van der Waals surface area contributed by atoms with Crippen LogP contribution >= 0.6 is 11.6 Å². The van der Waals surface area contributed by atoms with Crippen LogP contribution in [0.2, 0.25) is 5.02 Å². The quantitative estimate of drug-likeness (QED) is 0.414. The molecular weight excluding hydrogens is 368 g/mol. The molecule has 0 aliphatic carbocycles. The van der Waals surface area contributed by atoms with E-state index in [2.05, 4.69) is 0 Å². The molecular formula is C20H21ClN2O4. The van der Waals surface area contributed by atoms with Gasteiger partial charge >= 0.3 is 0 Å². The molecule has 142 valence electrons. The van der Waals surface area contributed by atoms with Crippen molar-refractivity contribution in [3.8, 4) is 0 Å². The minimum atomic E-state index is -1.12. The van der Waals surface area contributed by atoms with E-state index in [1.807, 2.05) is 19.0 Å². The largest absolute Gasteiger partial charge is 0.467 e. The van der Waals surface area contributed by atoms with Gasteiger partial charge in [-0.3, -0.25) is 14.4 Å². The lowest BCUT2D eigenvalue weighted by atomic mass is 9.89. The number of carbonyl (C=O) groups is 3. The molecule has 0 bridgehead atoms. The van der Waals surface area contributed by atoms with Crippen molar-refractivity contribution in [2.24, 2.45) is 5.92 Å². The highest BCUT2D eigenvalue weighted by Gasteiger charge is 2.52. The molecule has 2 aromatic rings. The van der Waals surface area contributed by atoms with Crippen molar-refractivity contribution >= 4 is 29.1 Å². The van der Waals surface area contributed by atoms with Crippen molar-refractivity contribution in [2.45, 2.75) is 12.5 Å². The lowest BCUT2D eigenvalue weighted by Gasteiger charge is -2.25. The number of ketones is 2. The average molecular weight is 389 g/mol. The van der Waals surface area contributed by atoms with Crippen LogP contribution in [0.4, 0.5) is 0 Å². The number of carbonyl (C=O) groups excluding carboxylic acids is 3. The molecule has 27 heavy (non-hydrogen) atoms. The maximum atomic E-state index is 13.1. The standard InChI is InChI=1S/C20H21ClN2O4/c1-22(2)10-4-11-23-17(15-5-3-12-27-15)16(19(25)20(23)26)18(24)13-6-8-14(21)9-7-13/h3,5-9,12,16-17H,4,10-11H2,1-2H3. The average Bonchev–Trinajstić information content (AvgIpc) is 3.24. The van der Waals surface area contributed by atoms with Crippen molar-refractivity contribution in [3.05, 3.63) is 59.0 Å². The summed E-state index contributed by atoms with van der Waals surface area (Å²) in [6, 6.07) is 8.96. The van der Waals surface area contributed by atoms with Gasteiger partial charge in [-0.1, -0.05) is 11.6 Å². The zero-order valence-corrected chi connectivity index (χ0v) is 16.0. The van der Waals surface area contributed by atoms with Gasteiger partial charge in [-0.15, -0.1) is 0 Å². The maximum absolute atomic E-state index is 13.1. The van der Waals surface area contributed by atoms with Gasteiger partial charge in [0.15, 0.2) is 5.78 Å².